The first-order valence-electron chi connectivity index (χ1n) is 6.93. The van der Waals surface area contributed by atoms with Crippen LogP contribution in [0.5, 0.6) is 0 Å². The molecule has 0 spiro atoms. The van der Waals surface area contributed by atoms with Crippen LogP contribution in [-0.2, 0) is 6.54 Å². The summed E-state index contributed by atoms with van der Waals surface area (Å²) in [5.74, 6) is -0.153. The van der Waals surface area contributed by atoms with Crippen molar-refractivity contribution in [3.63, 3.8) is 0 Å². The number of benzene rings is 1. The molecule has 3 rings (SSSR count). The van der Waals surface area contributed by atoms with Crippen LogP contribution < -0.4 is 10.6 Å². The Hall–Kier alpha value is -0.970. The molecule has 2 aromatic rings. The van der Waals surface area contributed by atoms with Crippen molar-refractivity contribution >= 4 is 21.4 Å². The Morgan fingerprint density at radius 2 is 2.11 bits per heavy atom. The van der Waals surface area contributed by atoms with E-state index >= 15 is 0 Å². The molecule has 19 heavy (non-hydrogen) atoms. The Bertz CT molecular complexity index is 548. The van der Waals surface area contributed by atoms with E-state index in [1.54, 1.807) is 17.4 Å². The largest absolute Gasteiger partial charge is 0.314 e. The maximum Gasteiger partial charge on any atom is 0.124 e. The number of hydrogen-bond donors (Lipinski definition) is 2. The Kier molecular flexibility index (Phi) is 4.11. The van der Waals surface area contributed by atoms with Crippen LogP contribution in [0.3, 0.4) is 0 Å². The first-order chi connectivity index (χ1) is 9.31. The van der Waals surface area contributed by atoms with Crippen molar-refractivity contribution in [3.8, 4) is 0 Å². The zero-order valence-corrected chi connectivity index (χ0v) is 11.7. The predicted octanol–water partition coefficient (Wildman–Crippen LogP) is 3.27. The number of thiophene rings is 1. The lowest BCUT2D eigenvalue weighted by Gasteiger charge is -2.03. The number of fused-ring (bicyclic) bond motifs is 1. The third-order valence-corrected chi connectivity index (χ3v) is 4.47. The van der Waals surface area contributed by atoms with E-state index in [0.717, 1.165) is 42.2 Å². The highest BCUT2D eigenvalue weighted by molar-refractivity contribution is 7.19. The average molecular weight is 278 g/mol. The summed E-state index contributed by atoms with van der Waals surface area (Å²) in [6.45, 7) is 3.02. The second-order valence-electron chi connectivity index (χ2n) is 5.15. The van der Waals surface area contributed by atoms with Crippen LogP contribution in [0, 0.1) is 5.82 Å². The van der Waals surface area contributed by atoms with Crippen LogP contribution >= 0.6 is 11.3 Å². The fourth-order valence-corrected chi connectivity index (χ4v) is 3.22. The van der Waals surface area contributed by atoms with E-state index in [-0.39, 0.29) is 5.82 Å². The molecule has 1 aliphatic rings. The summed E-state index contributed by atoms with van der Waals surface area (Å²) in [7, 11) is 0. The monoisotopic (exact) mass is 278 g/mol. The zero-order chi connectivity index (χ0) is 13.1. The fraction of sp³-hybridized carbons (Fsp3) is 0.467. The standard InChI is InChI=1S/C15H19FN2S/c16-12-3-2-11-8-14(19-15(11)9-12)10-17-6-1-7-18-13-4-5-13/h2-3,8-9,13,17-18H,1,4-7,10H2. The average Bonchev–Trinajstić information content (AvgIpc) is 3.13. The van der Waals surface area contributed by atoms with Gasteiger partial charge in [-0.3, -0.25) is 0 Å². The van der Waals surface area contributed by atoms with Gasteiger partial charge in [0, 0.05) is 22.2 Å². The summed E-state index contributed by atoms with van der Waals surface area (Å²) in [4.78, 5) is 1.27. The van der Waals surface area contributed by atoms with Gasteiger partial charge in [-0.15, -0.1) is 11.3 Å². The first kappa shape index (κ1) is 13.0. The SMILES string of the molecule is Fc1ccc2cc(CNCCCNC3CC3)sc2c1. The summed E-state index contributed by atoms with van der Waals surface area (Å²) in [5, 5.41) is 8.09. The molecule has 102 valence electrons. The Balaban J connectivity index is 1.42. The van der Waals surface area contributed by atoms with E-state index < -0.39 is 0 Å². The highest BCUT2D eigenvalue weighted by Crippen LogP contribution is 2.26. The first-order valence-corrected chi connectivity index (χ1v) is 7.75. The molecule has 0 aliphatic heterocycles. The van der Waals surface area contributed by atoms with Crippen molar-refractivity contribution < 1.29 is 4.39 Å². The smallest absolute Gasteiger partial charge is 0.124 e. The van der Waals surface area contributed by atoms with Gasteiger partial charge in [-0.25, -0.2) is 4.39 Å². The minimum atomic E-state index is -0.153. The van der Waals surface area contributed by atoms with Gasteiger partial charge in [-0.1, -0.05) is 6.07 Å². The minimum Gasteiger partial charge on any atom is -0.314 e. The third kappa shape index (κ3) is 3.75. The van der Waals surface area contributed by atoms with E-state index in [4.69, 9.17) is 0 Å². The number of halogens is 1. The van der Waals surface area contributed by atoms with Gasteiger partial charge in [0.25, 0.3) is 0 Å². The molecule has 0 bridgehead atoms. The molecular weight excluding hydrogens is 259 g/mol. The van der Waals surface area contributed by atoms with Crippen molar-refractivity contribution in [3.05, 3.63) is 35.0 Å². The van der Waals surface area contributed by atoms with E-state index in [0.29, 0.717) is 0 Å². The second kappa shape index (κ2) is 5.99. The van der Waals surface area contributed by atoms with Crippen LogP contribution in [0.25, 0.3) is 10.1 Å². The van der Waals surface area contributed by atoms with Crippen molar-refractivity contribution in [2.24, 2.45) is 0 Å². The molecule has 2 nitrogen and oxygen atoms in total. The topological polar surface area (TPSA) is 24.1 Å². The summed E-state index contributed by atoms with van der Waals surface area (Å²) in [6, 6.07) is 7.94. The van der Waals surface area contributed by atoms with Crippen molar-refractivity contribution in [1.29, 1.82) is 0 Å². The minimum absolute atomic E-state index is 0.153. The summed E-state index contributed by atoms with van der Waals surface area (Å²) >= 11 is 1.67. The third-order valence-electron chi connectivity index (χ3n) is 3.37. The quantitative estimate of drug-likeness (QED) is 0.760. The molecule has 0 saturated heterocycles. The van der Waals surface area contributed by atoms with Gasteiger partial charge in [0.1, 0.15) is 5.82 Å². The van der Waals surface area contributed by atoms with Gasteiger partial charge in [-0.05, 0) is 55.9 Å². The van der Waals surface area contributed by atoms with Gasteiger partial charge in [0.05, 0.1) is 0 Å². The van der Waals surface area contributed by atoms with E-state index in [2.05, 4.69) is 16.7 Å². The van der Waals surface area contributed by atoms with Gasteiger partial charge >= 0.3 is 0 Å². The van der Waals surface area contributed by atoms with Crippen LogP contribution in [0.2, 0.25) is 0 Å². The molecule has 0 radical (unpaired) electrons. The number of hydrogen-bond acceptors (Lipinski definition) is 3. The van der Waals surface area contributed by atoms with Crippen molar-refractivity contribution in [2.45, 2.75) is 31.8 Å². The lowest BCUT2D eigenvalue weighted by Crippen LogP contribution is -2.22. The highest BCUT2D eigenvalue weighted by Gasteiger charge is 2.19. The molecule has 1 aromatic heterocycles. The molecule has 1 saturated carbocycles. The summed E-state index contributed by atoms with van der Waals surface area (Å²) in [6.07, 6.45) is 3.87. The molecule has 1 aromatic carbocycles. The molecule has 1 aliphatic carbocycles. The normalized spacial score (nSPS) is 15.2. The molecule has 2 N–H and O–H groups in total. The van der Waals surface area contributed by atoms with E-state index in [9.17, 15) is 4.39 Å². The van der Waals surface area contributed by atoms with Gasteiger partial charge in [0.15, 0.2) is 0 Å². The lowest BCUT2D eigenvalue weighted by molar-refractivity contribution is 0.595. The Morgan fingerprint density at radius 3 is 2.95 bits per heavy atom. The second-order valence-corrected chi connectivity index (χ2v) is 6.32. The summed E-state index contributed by atoms with van der Waals surface area (Å²) < 4.78 is 14.1. The number of rotatable bonds is 7. The van der Waals surface area contributed by atoms with Gasteiger partial charge in [-0.2, -0.15) is 0 Å². The molecule has 0 atom stereocenters. The molecule has 4 heteroatoms. The van der Waals surface area contributed by atoms with Gasteiger partial charge in [0.2, 0.25) is 0 Å². The van der Waals surface area contributed by atoms with Crippen LogP contribution in [0.15, 0.2) is 24.3 Å². The van der Waals surface area contributed by atoms with Gasteiger partial charge < -0.3 is 10.6 Å². The fourth-order valence-electron chi connectivity index (χ4n) is 2.17. The van der Waals surface area contributed by atoms with Crippen molar-refractivity contribution in [1.82, 2.24) is 10.6 Å². The maximum absolute atomic E-state index is 13.1. The Labute approximate surface area is 117 Å². The van der Waals surface area contributed by atoms with Crippen molar-refractivity contribution in [2.75, 3.05) is 13.1 Å². The van der Waals surface area contributed by atoms with Crippen LogP contribution in [0.1, 0.15) is 24.1 Å². The molecule has 0 unspecified atom stereocenters. The molecule has 0 amide bonds. The maximum atomic E-state index is 13.1. The molecule has 1 fully saturated rings. The zero-order valence-electron chi connectivity index (χ0n) is 10.9. The van der Waals surface area contributed by atoms with Crippen LogP contribution in [-0.4, -0.2) is 19.1 Å². The molecular formula is C15H19FN2S. The predicted molar refractivity (Wildman–Crippen MR) is 79.1 cm³/mol. The highest BCUT2D eigenvalue weighted by atomic mass is 32.1. The molecule has 1 heterocycles. The summed E-state index contributed by atoms with van der Waals surface area (Å²) in [5.41, 5.74) is 0. The lowest BCUT2D eigenvalue weighted by atomic mass is 10.2. The van der Waals surface area contributed by atoms with E-state index in [1.165, 1.54) is 23.8 Å². The Morgan fingerprint density at radius 1 is 1.21 bits per heavy atom. The number of nitrogens with one attached hydrogen (secondary N) is 2. The van der Waals surface area contributed by atoms with E-state index in [1.807, 2.05) is 6.07 Å². The van der Waals surface area contributed by atoms with Crippen LogP contribution in [0.4, 0.5) is 4.39 Å².